The number of nitrogens with zero attached hydrogens (tertiary/aromatic N) is 1. The Kier molecular flexibility index (Phi) is 5.11. The zero-order chi connectivity index (χ0) is 12.1. The van der Waals surface area contributed by atoms with E-state index in [4.69, 9.17) is 11.6 Å². The van der Waals surface area contributed by atoms with Gasteiger partial charge in [-0.1, -0.05) is 11.6 Å². The molecule has 0 aliphatic rings. The summed E-state index contributed by atoms with van der Waals surface area (Å²) in [5.41, 5.74) is 0.359. The third kappa shape index (κ3) is 3.40. The molecule has 86 valence electrons. The molecular formula is C9H7BrClNO3S. The van der Waals surface area contributed by atoms with Crippen LogP contribution in [-0.2, 0) is 4.74 Å². The van der Waals surface area contributed by atoms with E-state index in [-0.39, 0.29) is 5.94 Å². The third-order valence-electron chi connectivity index (χ3n) is 1.63. The standard InChI is InChI=1S/C9H7BrClNO3S/c10-8(13)12(9(14)15-5-16)7-3-1-6(11)2-4-7/h1-4,16H,5H2. The fourth-order valence-corrected chi connectivity index (χ4v) is 1.57. The van der Waals surface area contributed by atoms with E-state index in [0.29, 0.717) is 10.7 Å². The van der Waals surface area contributed by atoms with Crippen molar-refractivity contribution in [3.8, 4) is 0 Å². The van der Waals surface area contributed by atoms with Gasteiger partial charge in [0, 0.05) is 21.0 Å². The van der Waals surface area contributed by atoms with Crippen LogP contribution in [-0.4, -0.2) is 16.8 Å². The first-order chi connectivity index (χ1) is 7.56. The van der Waals surface area contributed by atoms with Crippen LogP contribution in [0, 0.1) is 0 Å². The monoisotopic (exact) mass is 323 g/mol. The van der Waals surface area contributed by atoms with Gasteiger partial charge in [0.05, 0.1) is 5.69 Å². The fraction of sp³-hybridized carbons (Fsp3) is 0.111. The summed E-state index contributed by atoms with van der Waals surface area (Å²) in [7, 11) is 0. The number of thiol groups is 1. The topological polar surface area (TPSA) is 46.6 Å². The molecule has 4 nitrogen and oxygen atoms in total. The number of amides is 2. The number of anilines is 1. The Morgan fingerprint density at radius 1 is 1.38 bits per heavy atom. The second-order valence-electron chi connectivity index (χ2n) is 2.60. The number of ether oxygens (including phenoxy) is 1. The molecule has 0 fully saturated rings. The Labute approximate surface area is 111 Å². The number of rotatable bonds is 2. The van der Waals surface area contributed by atoms with E-state index >= 15 is 0 Å². The van der Waals surface area contributed by atoms with E-state index in [0.717, 1.165) is 4.90 Å². The zero-order valence-electron chi connectivity index (χ0n) is 7.89. The number of benzene rings is 1. The Morgan fingerprint density at radius 3 is 2.38 bits per heavy atom. The van der Waals surface area contributed by atoms with Gasteiger partial charge in [0.25, 0.3) is 0 Å². The van der Waals surface area contributed by atoms with Gasteiger partial charge < -0.3 is 4.74 Å². The van der Waals surface area contributed by atoms with E-state index in [1.165, 1.54) is 12.1 Å². The van der Waals surface area contributed by atoms with E-state index < -0.39 is 10.9 Å². The molecule has 1 aromatic rings. The van der Waals surface area contributed by atoms with Gasteiger partial charge in [0.2, 0.25) is 0 Å². The highest BCUT2D eigenvalue weighted by Gasteiger charge is 2.22. The van der Waals surface area contributed by atoms with Crippen molar-refractivity contribution in [1.29, 1.82) is 0 Å². The molecule has 0 aromatic heterocycles. The molecule has 0 spiro atoms. The first kappa shape index (κ1) is 13.3. The van der Waals surface area contributed by atoms with Crippen LogP contribution in [0.1, 0.15) is 0 Å². The maximum Gasteiger partial charge on any atom is 0.422 e. The summed E-state index contributed by atoms with van der Waals surface area (Å²) in [4.78, 5) is 22.9. The van der Waals surface area contributed by atoms with Crippen LogP contribution >= 0.6 is 40.2 Å². The average Bonchev–Trinajstić information content (AvgIpc) is 2.21. The number of imide groups is 1. The molecule has 1 rings (SSSR count). The van der Waals surface area contributed by atoms with Crippen molar-refractivity contribution in [2.75, 3.05) is 10.8 Å². The normalized spacial score (nSPS) is 9.69. The van der Waals surface area contributed by atoms with Crippen LogP contribution in [0.25, 0.3) is 0 Å². The third-order valence-corrected chi connectivity index (χ3v) is 2.37. The summed E-state index contributed by atoms with van der Waals surface area (Å²) < 4.78 is 4.62. The van der Waals surface area contributed by atoms with Crippen molar-refractivity contribution in [1.82, 2.24) is 0 Å². The van der Waals surface area contributed by atoms with E-state index in [1.807, 2.05) is 0 Å². The highest BCUT2D eigenvalue weighted by atomic mass is 79.9. The number of halogens is 2. The second-order valence-corrected chi connectivity index (χ2v) is 3.98. The lowest BCUT2D eigenvalue weighted by Crippen LogP contribution is -2.33. The van der Waals surface area contributed by atoms with Crippen LogP contribution in [0.4, 0.5) is 15.3 Å². The lowest BCUT2D eigenvalue weighted by atomic mass is 10.3. The minimum absolute atomic E-state index is 0.108. The first-order valence-electron chi connectivity index (χ1n) is 4.09. The average molecular weight is 325 g/mol. The van der Waals surface area contributed by atoms with Crippen molar-refractivity contribution >= 4 is 56.8 Å². The molecule has 16 heavy (non-hydrogen) atoms. The van der Waals surface area contributed by atoms with Gasteiger partial charge in [0.1, 0.15) is 5.94 Å². The summed E-state index contributed by atoms with van der Waals surface area (Å²) in [6, 6.07) is 6.18. The molecule has 2 amide bonds. The predicted octanol–water partition coefficient (Wildman–Crippen LogP) is 3.69. The zero-order valence-corrected chi connectivity index (χ0v) is 11.1. The molecule has 0 N–H and O–H groups in total. The number of hydrogen-bond donors (Lipinski definition) is 1. The Balaban J connectivity index is 2.98. The van der Waals surface area contributed by atoms with Crippen molar-refractivity contribution in [2.45, 2.75) is 0 Å². The molecule has 0 aliphatic carbocycles. The molecule has 0 radical (unpaired) electrons. The number of carbonyl (C=O) groups is 2. The van der Waals surface area contributed by atoms with Crippen LogP contribution in [0.5, 0.6) is 0 Å². The molecule has 1 aromatic carbocycles. The molecule has 0 heterocycles. The molecule has 0 bridgehead atoms. The summed E-state index contributed by atoms with van der Waals surface area (Å²) in [5, 5.41) is 0.508. The van der Waals surface area contributed by atoms with Gasteiger partial charge in [-0.15, -0.1) is 12.6 Å². The quantitative estimate of drug-likeness (QED) is 0.391. The fourth-order valence-electron chi connectivity index (χ4n) is 0.989. The highest BCUT2D eigenvalue weighted by Crippen LogP contribution is 2.20. The summed E-state index contributed by atoms with van der Waals surface area (Å²) in [6.45, 7) is 0. The van der Waals surface area contributed by atoms with Crippen molar-refractivity contribution < 1.29 is 14.3 Å². The predicted molar refractivity (Wildman–Crippen MR) is 68.6 cm³/mol. The second kappa shape index (κ2) is 6.12. The molecule has 0 unspecified atom stereocenters. The molecule has 0 saturated heterocycles. The maximum atomic E-state index is 11.4. The van der Waals surface area contributed by atoms with Gasteiger partial charge in [0.15, 0.2) is 0 Å². The summed E-state index contributed by atoms with van der Waals surface area (Å²) >= 11 is 12.1. The first-order valence-corrected chi connectivity index (χ1v) is 5.89. The van der Waals surface area contributed by atoms with Gasteiger partial charge in [-0.2, -0.15) is 0 Å². The van der Waals surface area contributed by atoms with Crippen LogP contribution in [0.3, 0.4) is 0 Å². The molecular weight excluding hydrogens is 318 g/mol. The van der Waals surface area contributed by atoms with E-state index in [2.05, 4.69) is 33.3 Å². The minimum Gasteiger partial charge on any atom is -0.438 e. The Hall–Kier alpha value is -0.720. The highest BCUT2D eigenvalue weighted by molar-refractivity contribution is 9.18. The van der Waals surface area contributed by atoms with Gasteiger partial charge >= 0.3 is 10.9 Å². The van der Waals surface area contributed by atoms with E-state index in [9.17, 15) is 9.59 Å². The largest absolute Gasteiger partial charge is 0.438 e. The van der Waals surface area contributed by atoms with Crippen LogP contribution < -0.4 is 4.90 Å². The van der Waals surface area contributed by atoms with Crippen molar-refractivity contribution in [3.63, 3.8) is 0 Å². The Morgan fingerprint density at radius 2 is 1.94 bits per heavy atom. The smallest absolute Gasteiger partial charge is 0.422 e. The number of carbonyl (C=O) groups excluding carboxylic acids is 2. The summed E-state index contributed by atoms with van der Waals surface area (Å²) in [6.07, 6.45) is -0.806. The molecule has 0 atom stereocenters. The van der Waals surface area contributed by atoms with Crippen LogP contribution in [0.2, 0.25) is 5.02 Å². The van der Waals surface area contributed by atoms with Crippen molar-refractivity contribution in [3.05, 3.63) is 29.3 Å². The Bertz CT molecular complexity index is 398. The van der Waals surface area contributed by atoms with Gasteiger partial charge in [-0.3, -0.25) is 4.79 Å². The SMILES string of the molecule is O=C(Br)N(C(=O)OCS)c1ccc(Cl)cc1. The van der Waals surface area contributed by atoms with E-state index in [1.54, 1.807) is 12.1 Å². The van der Waals surface area contributed by atoms with Crippen molar-refractivity contribution in [2.24, 2.45) is 0 Å². The lowest BCUT2D eigenvalue weighted by Gasteiger charge is -2.16. The molecule has 0 saturated carbocycles. The molecule has 7 heteroatoms. The maximum absolute atomic E-state index is 11.4. The summed E-state index contributed by atoms with van der Waals surface area (Å²) in [5.74, 6) is -0.108. The van der Waals surface area contributed by atoms with Gasteiger partial charge in [-0.05, 0) is 24.3 Å². The van der Waals surface area contributed by atoms with Gasteiger partial charge in [-0.25, -0.2) is 9.69 Å². The molecule has 0 aliphatic heterocycles. The minimum atomic E-state index is -0.806. The lowest BCUT2D eigenvalue weighted by molar-refractivity contribution is 0.175. The van der Waals surface area contributed by atoms with Crippen LogP contribution in [0.15, 0.2) is 24.3 Å². The number of hydrogen-bond acceptors (Lipinski definition) is 4.